The molecule has 2 saturated heterocycles. The number of thiophene rings is 1. The lowest BCUT2D eigenvalue weighted by Crippen LogP contribution is -2.49. The van der Waals surface area contributed by atoms with Crippen LogP contribution in [0.3, 0.4) is 0 Å². The lowest BCUT2D eigenvalue weighted by atomic mass is 9.98. The van der Waals surface area contributed by atoms with Gasteiger partial charge < -0.3 is 10.2 Å². The topological polar surface area (TPSA) is 35.6 Å². The second-order valence-corrected chi connectivity index (χ2v) is 8.43. The Kier molecular flexibility index (Phi) is 6.75. The molecule has 23 heavy (non-hydrogen) atoms. The van der Waals surface area contributed by atoms with Gasteiger partial charge in [-0.25, -0.2) is 0 Å². The van der Waals surface area contributed by atoms with Gasteiger partial charge >= 0.3 is 0 Å². The number of nitrogens with zero attached hydrogens (tertiary/aromatic N) is 2. The first-order valence-electron chi connectivity index (χ1n) is 7.95. The molecule has 1 aromatic rings. The number of rotatable bonds is 5. The molecule has 3 heterocycles. The maximum atomic E-state index is 12.4. The first-order valence-corrected chi connectivity index (χ1v) is 9.15. The third-order valence-corrected chi connectivity index (χ3v) is 6.12. The van der Waals surface area contributed by atoms with E-state index >= 15 is 0 Å². The summed E-state index contributed by atoms with van der Waals surface area (Å²) in [5.74, 6) is 0.179. The van der Waals surface area contributed by atoms with Crippen molar-refractivity contribution in [1.29, 1.82) is 0 Å². The Bertz CT molecular complexity index is 527. The normalized spacial score (nSPS) is 26.2. The SMILES string of the molecule is CN(Cc1ccc(Cl)s1)C(=O)CN(C)C1CC2CCC(C1)N2.Cl. The van der Waals surface area contributed by atoms with Gasteiger partial charge in [0.05, 0.1) is 17.4 Å². The Hall–Kier alpha value is -0.330. The number of carbonyl (C=O) groups is 1. The van der Waals surface area contributed by atoms with Crippen molar-refractivity contribution in [2.24, 2.45) is 0 Å². The van der Waals surface area contributed by atoms with Gasteiger partial charge in [0.1, 0.15) is 0 Å². The molecule has 2 aliphatic rings. The van der Waals surface area contributed by atoms with Gasteiger partial charge in [-0.15, -0.1) is 23.7 Å². The molecular weight excluding hydrogens is 353 g/mol. The van der Waals surface area contributed by atoms with Crippen LogP contribution in [0.2, 0.25) is 4.34 Å². The Morgan fingerprint density at radius 1 is 1.30 bits per heavy atom. The largest absolute Gasteiger partial charge is 0.340 e. The van der Waals surface area contributed by atoms with Gasteiger partial charge in [-0.3, -0.25) is 9.69 Å². The quantitative estimate of drug-likeness (QED) is 0.856. The number of hydrogen-bond acceptors (Lipinski definition) is 4. The van der Waals surface area contributed by atoms with Gasteiger partial charge in [-0.1, -0.05) is 11.6 Å². The molecule has 130 valence electrons. The van der Waals surface area contributed by atoms with Crippen molar-refractivity contribution >= 4 is 41.3 Å². The molecule has 0 saturated carbocycles. The van der Waals surface area contributed by atoms with Crippen LogP contribution in [0.25, 0.3) is 0 Å². The van der Waals surface area contributed by atoms with E-state index in [2.05, 4.69) is 17.3 Å². The van der Waals surface area contributed by atoms with Crippen molar-refractivity contribution in [3.63, 3.8) is 0 Å². The Morgan fingerprint density at radius 3 is 2.52 bits per heavy atom. The van der Waals surface area contributed by atoms with Gasteiger partial charge in [0, 0.05) is 30.1 Å². The summed E-state index contributed by atoms with van der Waals surface area (Å²) < 4.78 is 0.776. The van der Waals surface area contributed by atoms with Crippen molar-refractivity contribution in [3.8, 4) is 0 Å². The zero-order valence-electron chi connectivity index (χ0n) is 13.6. The summed E-state index contributed by atoms with van der Waals surface area (Å²) in [6, 6.07) is 5.73. The zero-order chi connectivity index (χ0) is 15.7. The number of nitrogens with one attached hydrogen (secondary N) is 1. The molecule has 2 fully saturated rings. The van der Waals surface area contributed by atoms with Crippen LogP contribution in [0.15, 0.2) is 12.1 Å². The fraction of sp³-hybridized carbons (Fsp3) is 0.688. The molecule has 1 aromatic heterocycles. The van der Waals surface area contributed by atoms with Gasteiger partial charge in [0.15, 0.2) is 0 Å². The van der Waals surface area contributed by atoms with E-state index in [1.165, 1.54) is 37.0 Å². The smallest absolute Gasteiger partial charge is 0.236 e. The van der Waals surface area contributed by atoms with Crippen LogP contribution in [0.5, 0.6) is 0 Å². The van der Waals surface area contributed by atoms with E-state index in [4.69, 9.17) is 11.6 Å². The Morgan fingerprint density at radius 2 is 1.96 bits per heavy atom. The molecule has 2 unspecified atom stereocenters. The summed E-state index contributed by atoms with van der Waals surface area (Å²) in [5, 5.41) is 3.65. The lowest BCUT2D eigenvalue weighted by Gasteiger charge is -2.35. The molecule has 2 bridgehead atoms. The maximum absolute atomic E-state index is 12.4. The highest BCUT2D eigenvalue weighted by atomic mass is 35.5. The zero-order valence-corrected chi connectivity index (χ0v) is 16.0. The van der Waals surface area contributed by atoms with Crippen LogP contribution in [-0.2, 0) is 11.3 Å². The number of piperidine rings is 1. The van der Waals surface area contributed by atoms with E-state index in [1.54, 1.807) is 4.90 Å². The Labute approximate surface area is 153 Å². The van der Waals surface area contributed by atoms with Crippen LogP contribution in [0.1, 0.15) is 30.6 Å². The predicted octanol–water partition coefficient (Wildman–Crippen LogP) is 3.00. The highest BCUT2D eigenvalue weighted by Gasteiger charge is 2.35. The number of carbonyl (C=O) groups excluding carboxylic acids is 1. The fourth-order valence-electron chi connectivity index (χ4n) is 3.61. The van der Waals surface area contributed by atoms with Crippen LogP contribution in [0, 0.1) is 0 Å². The molecule has 2 atom stereocenters. The maximum Gasteiger partial charge on any atom is 0.236 e. The molecule has 0 aliphatic carbocycles. The molecule has 0 radical (unpaired) electrons. The minimum Gasteiger partial charge on any atom is -0.340 e. The average molecular weight is 378 g/mol. The molecule has 4 nitrogen and oxygen atoms in total. The van der Waals surface area contributed by atoms with Crippen molar-refractivity contribution in [3.05, 3.63) is 21.3 Å². The number of halogens is 2. The fourth-order valence-corrected chi connectivity index (χ4v) is 4.75. The number of amides is 1. The summed E-state index contributed by atoms with van der Waals surface area (Å²) >= 11 is 7.48. The van der Waals surface area contributed by atoms with Gasteiger partial charge in [-0.2, -0.15) is 0 Å². The molecule has 0 aromatic carbocycles. The van der Waals surface area contributed by atoms with Crippen molar-refractivity contribution in [2.75, 3.05) is 20.6 Å². The van der Waals surface area contributed by atoms with E-state index in [1.807, 2.05) is 19.2 Å². The standard InChI is InChI=1S/C16H24ClN3OS.ClH/c1-19(13-7-11-3-4-12(8-13)18-11)10-16(21)20(2)9-14-5-6-15(17)22-14;/h5-6,11-13,18H,3-4,7-10H2,1-2H3;1H. The van der Waals surface area contributed by atoms with Crippen molar-refractivity contribution < 1.29 is 4.79 Å². The Balaban J connectivity index is 0.00000192. The van der Waals surface area contributed by atoms with E-state index in [0.717, 1.165) is 9.21 Å². The number of fused-ring (bicyclic) bond motifs is 2. The summed E-state index contributed by atoms with van der Waals surface area (Å²) in [4.78, 5) is 17.6. The summed E-state index contributed by atoms with van der Waals surface area (Å²) in [5.41, 5.74) is 0. The van der Waals surface area contributed by atoms with E-state index in [0.29, 0.717) is 31.2 Å². The second kappa shape index (κ2) is 8.17. The highest BCUT2D eigenvalue weighted by molar-refractivity contribution is 7.16. The molecule has 3 rings (SSSR count). The molecular formula is C16H25Cl2N3OS. The summed E-state index contributed by atoms with van der Waals surface area (Å²) in [7, 11) is 3.96. The van der Waals surface area contributed by atoms with Crippen molar-refractivity contribution in [1.82, 2.24) is 15.1 Å². The summed E-state index contributed by atoms with van der Waals surface area (Å²) in [6.07, 6.45) is 4.93. The molecule has 0 spiro atoms. The highest BCUT2D eigenvalue weighted by Crippen LogP contribution is 2.29. The average Bonchev–Trinajstić information content (AvgIpc) is 3.04. The van der Waals surface area contributed by atoms with Gasteiger partial charge in [0.2, 0.25) is 5.91 Å². The predicted molar refractivity (Wildman–Crippen MR) is 98.6 cm³/mol. The molecule has 1 amide bonds. The third kappa shape index (κ3) is 4.83. The molecule has 1 N–H and O–H groups in total. The summed E-state index contributed by atoms with van der Waals surface area (Å²) in [6.45, 7) is 1.14. The van der Waals surface area contributed by atoms with Crippen LogP contribution < -0.4 is 5.32 Å². The molecule has 7 heteroatoms. The number of likely N-dealkylation sites (N-methyl/N-ethyl adjacent to an activating group) is 2. The van der Waals surface area contributed by atoms with Crippen LogP contribution in [-0.4, -0.2) is 54.5 Å². The second-order valence-electron chi connectivity index (χ2n) is 6.63. The van der Waals surface area contributed by atoms with E-state index in [9.17, 15) is 4.79 Å². The van der Waals surface area contributed by atoms with E-state index in [-0.39, 0.29) is 18.3 Å². The van der Waals surface area contributed by atoms with Gasteiger partial charge in [0.25, 0.3) is 0 Å². The molecule has 2 aliphatic heterocycles. The van der Waals surface area contributed by atoms with Crippen LogP contribution >= 0.6 is 35.3 Å². The minimum atomic E-state index is 0. The van der Waals surface area contributed by atoms with Crippen molar-refractivity contribution in [2.45, 2.75) is 50.4 Å². The first kappa shape index (κ1) is 19.0. The van der Waals surface area contributed by atoms with Gasteiger partial charge in [-0.05, 0) is 44.9 Å². The monoisotopic (exact) mass is 377 g/mol. The third-order valence-electron chi connectivity index (χ3n) is 4.90. The number of hydrogen-bond donors (Lipinski definition) is 1. The lowest BCUT2D eigenvalue weighted by molar-refractivity contribution is -0.132. The first-order chi connectivity index (χ1) is 10.5. The minimum absolute atomic E-state index is 0. The van der Waals surface area contributed by atoms with E-state index < -0.39 is 0 Å². The van der Waals surface area contributed by atoms with Crippen LogP contribution in [0.4, 0.5) is 0 Å².